The molecule has 146 valence electrons. The molecule has 0 aromatic heterocycles. The van der Waals surface area contributed by atoms with Crippen molar-refractivity contribution in [2.45, 2.75) is 20.3 Å². The number of piperazine rings is 1. The third-order valence-electron chi connectivity index (χ3n) is 4.33. The molecule has 7 nitrogen and oxygen atoms in total. The molecule has 2 rings (SSSR count). The number of carbonyl (C=O) groups is 1. The molecule has 1 aliphatic heterocycles. The van der Waals surface area contributed by atoms with Crippen molar-refractivity contribution in [3.63, 3.8) is 0 Å². The van der Waals surface area contributed by atoms with E-state index in [0.717, 1.165) is 11.4 Å². The van der Waals surface area contributed by atoms with E-state index >= 15 is 0 Å². The Morgan fingerprint density at radius 3 is 2.46 bits per heavy atom. The van der Waals surface area contributed by atoms with Crippen LogP contribution in [0.1, 0.15) is 20.3 Å². The highest BCUT2D eigenvalue weighted by Gasteiger charge is 2.27. The molecule has 0 unspecified atom stereocenters. The van der Waals surface area contributed by atoms with Crippen molar-refractivity contribution in [2.75, 3.05) is 50.5 Å². The highest BCUT2D eigenvalue weighted by molar-refractivity contribution is 7.89. The van der Waals surface area contributed by atoms with E-state index in [-0.39, 0.29) is 24.1 Å². The third kappa shape index (κ3) is 5.60. The van der Waals surface area contributed by atoms with Gasteiger partial charge in [0.15, 0.2) is 0 Å². The molecule has 1 aromatic rings. The van der Waals surface area contributed by atoms with Crippen LogP contribution in [-0.2, 0) is 14.8 Å². The lowest BCUT2D eigenvalue weighted by molar-refractivity contribution is -0.121. The van der Waals surface area contributed by atoms with Crippen LogP contribution in [0.2, 0.25) is 0 Å². The number of rotatable bonds is 8. The second-order valence-electron chi connectivity index (χ2n) is 6.82. The number of hydrogen-bond acceptors (Lipinski definition) is 5. The number of para-hydroxylation sites is 2. The van der Waals surface area contributed by atoms with Crippen LogP contribution in [0.3, 0.4) is 0 Å². The molecule has 1 aromatic carbocycles. The number of nitrogens with one attached hydrogen (secondary N) is 1. The summed E-state index contributed by atoms with van der Waals surface area (Å²) >= 11 is 0. The predicted octanol–water partition coefficient (Wildman–Crippen LogP) is 1.31. The zero-order valence-corrected chi connectivity index (χ0v) is 16.6. The SMILES string of the molecule is COc1ccccc1N1CCN(S(=O)(=O)CCNC(=O)CC(C)C)CC1. The van der Waals surface area contributed by atoms with Gasteiger partial charge in [0, 0.05) is 39.1 Å². The van der Waals surface area contributed by atoms with Gasteiger partial charge >= 0.3 is 0 Å². The summed E-state index contributed by atoms with van der Waals surface area (Å²) in [6.07, 6.45) is 0.414. The first kappa shape index (κ1) is 20.5. The Morgan fingerprint density at radius 2 is 1.85 bits per heavy atom. The number of hydrogen-bond donors (Lipinski definition) is 1. The van der Waals surface area contributed by atoms with Crippen LogP contribution in [0.5, 0.6) is 5.75 Å². The smallest absolute Gasteiger partial charge is 0.220 e. The minimum atomic E-state index is -3.37. The van der Waals surface area contributed by atoms with Crippen LogP contribution in [-0.4, -0.2) is 64.2 Å². The van der Waals surface area contributed by atoms with Gasteiger partial charge in [0.2, 0.25) is 15.9 Å². The Hall–Kier alpha value is -1.80. The molecule has 0 radical (unpaired) electrons. The molecular weight excluding hydrogens is 354 g/mol. The van der Waals surface area contributed by atoms with Crippen molar-refractivity contribution in [1.29, 1.82) is 0 Å². The van der Waals surface area contributed by atoms with Gasteiger partial charge in [-0.05, 0) is 18.1 Å². The topological polar surface area (TPSA) is 79.0 Å². The zero-order chi connectivity index (χ0) is 19.2. The van der Waals surface area contributed by atoms with Gasteiger partial charge in [0.25, 0.3) is 0 Å². The molecule has 1 saturated heterocycles. The molecule has 0 aliphatic carbocycles. The van der Waals surface area contributed by atoms with Gasteiger partial charge in [0.1, 0.15) is 5.75 Å². The third-order valence-corrected chi connectivity index (χ3v) is 6.21. The Morgan fingerprint density at radius 1 is 1.19 bits per heavy atom. The minimum Gasteiger partial charge on any atom is -0.495 e. The Labute approximate surface area is 156 Å². The van der Waals surface area contributed by atoms with E-state index in [9.17, 15) is 13.2 Å². The summed E-state index contributed by atoms with van der Waals surface area (Å²) in [7, 11) is -1.74. The normalized spacial score (nSPS) is 15.9. The van der Waals surface area contributed by atoms with E-state index in [4.69, 9.17) is 4.74 Å². The molecule has 26 heavy (non-hydrogen) atoms. The number of amides is 1. The number of sulfonamides is 1. The summed E-state index contributed by atoms with van der Waals surface area (Å²) in [6.45, 7) is 6.15. The molecule has 0 bridgehead atoms. The molecular formula is C18H29N3O4S. The Balaban J connectivity index is 1.85. The van der Waals surface area contributed by atoms with E-state index in [1.54, 1.807) is 7.11 Å². The van der Waals surface area contributed by atoms with Crippen molar-refractivity contribution in [1.82, 2.24) is 9.62 Å². The summed E-state index contributed by atoms with van der Waals surface area (Å²) in [4.78, 5) is 13.8. The van der Waals surface area contributed by atoms with Crippen molar-refractivity contribution >= 4 is 21.6 Å². The lowest BCUT2D eigenvalue weighted by atomic mass is 10.1. The number of methoxy groups -OCH3 is 1. The van der Waals surface area contributed by atoms with Gasteiger partial charge in [-0.25, -0.2) is 8.42 Å². The molecule has 0 spiro atoms. The number of nitrogens with zero attached hydrogens (tertiary/aromatic N) is 2. The first-order valence-electron chi connectivity index (χ1n) is 8.96. The standard InChI is InChI=1S/C18H29N3O4S/c1-15(2)14-18(22)19-8-13-26(23,24)21-11-9-20(10-12-21)16-6-4-5-7-17(16)25-3/h4-7,15H,8-14H2,1-3H3,(H,19,22). The van der Waals surface area contributed by atoms with Crippen molar-refractivity contribution < 1.29 is 17.9 Å². The van der Waals surface area contributed by atoms with E-state index in [1.807, 2.05) is 38.1 Å². The Kier molecular flexibility index (Phi) is 7.28. The van der Waals surface area contributed by atoms with E-state index in [0.29, 0.717) is 32.6 Å². The quantitative estimate of drug-likeness (QED) is 0.732. The molecule has 1 N–H and O–H groups in total. The van der Waals surface area contributed by atoms with Crippen molar-refractivity contribution in [3.8, 4) is 5.75 Å². The van der Waals surface area contributed by atoms with Gasteiger partial charge in [-0.3, -0.25) is 4.79 Å². The first-order chi connectivity index (χ1) is 12.3. The number of carbonyl (C=O) groups excluding carboxylic acids is 1. The second-order valence-corrected chi connectivity index (χ2v) is 8.91. The minimum absolute atomic E-state index is 0.0640. The van der Waals surface area contributed by atoms with Crippen LogP contribution in [0, 0.1) is 5.92 Å². The Bertz CT molecular complexity index is 698. The summed E-state index contributed by atoms with van der Waals surface area (Å²) in [5.74, 6) is 0.883. The van der Waals surface area contributed by atoms with Crippen LogP contribution < -0.4 is 15.0 Å². The summed E-state index contributed by atoms with van der Waals surface area (Å²) in [5.41, 5.74) is 0.980. The number of benzene rings is 1. The average molecular weight is 384 g/mol. The van der Waals surface area contributed by atoms with Crippen LogP contribution in [0.4, 0.5) is 5.69 Å². The maximum atomic E-state index is 12.5. The van der Waals surface area contributed by atoms with Crippen LogP contribution in [0.15, 0.2) is 24.3 Å². The van der Waals surface area contributed by atoms with Gasteiger partial charge < -0.3 is 15.0 Å². The largest absolute Gasteiger partial charge is 0.495 e. The lowest BCUT2D eigenvalue weighted by Gasteiger charge is -2.36. The molecule has 1 heterocycles. The molecule has 0 saturated carbocycles. The van der Waals surface area contributed by atoms with Crippen LogP contribution in [0.25, 0.3) is 0 Å². The zero-order valence-electron chi connectivity index (χ0n) is 15.8. The molecule has 1 fully saturated rings. The van der Waals surface area contributed by atoms with E-state index in [2.05, 4.69) is 10.2 Å². The number of ether oxygens (including phenoxy) is 1. The highest BCUT2D eigenvalue weighted by atomic mass is 32.2. The molecule has 0 atom stereocenters. The fraction of sp³-hybridized carbons (Fsp3) is 0.611. The maximum Gasteiger partial charge on any atom is 0.220 e. The monoisotopic (exact) mass is 383 g/mol. The first-order valence-corrected chi connectivity index (χ1v) is 10.6. The maximum absolute atomic E-state index is 12.5. The predicted molar refractivity (Wildman–Crippen MR) is 103 cm³/mol. The van der Waals surface area contributed by atoms with E-state index < -0.39 is 10.0 Å². The lowest BCUT2D eigenvalue weighted by Crippen LogP contribution is -2.50. The number of anilines is 1. The molecule has 1 amide bonds. The summed E-state index contributed by atoms with van der Waals surface area (Å²) < 4.78 is 31.9. The fourth-order valence-corrected chi connectivity index (χ4v) is 4.33. The van der Waals surface area contributed by atoms with Crippen molar-refractivity contribution in [3.05, 3.63) is 24.3 Å². The highest BCUT2D eigenvalue weighted by Crippen LogP contribution is 2.28. The van der Waals surface area contributed by atoms with Gasteiger partial charge in [0.05, 0.1) is 18.6 Å². The van der Waals surface area contributed by atoms with Crippen LogP contribution >= 0.6 is 0 Å². The fourth-order valence-electron chi connectivity index (χ4n) is 2.99. The average Bonchev–Trinajstić information content (AvgIpc) is 2.61. The summed E-state index contributed by atoms with van der Waals surface area (Å²) in [6, 6.07) is 7.74. The van der Waals surface area contributed by atoms with Gasteiger partial charge in [-0.15, -0.1) is 0 Å². The molecule has 1 aliphatic rings. The van der Waals surface area contributed by atoms with E-state index in [1.165, 1.54) is 4.31 Å². The second kappa shape index (κ2) is 9.23. The van der Waals surface area contributed by atoms with Crippen molar-refractivity contribution in [2.24, 2.45) is 5.92 Å². The summed E-state index contributed by atoms with van der Waals surface area (Å²) in [5, 5.41) is 2.69. The van der Waals surface area contributed by atoms with Gasteiger partial charge in [-0.2, -0.15) is 4.31 Å². The van der Waals surface area contributed by atoms with Gasteiger partial charge in [-0.1, -0.05) is 26.0 Å². The molecule has 8 heteroatoms.